The Morgan fingerprint density at radius 2 is 2.62 bits per heavy atom. The number of ether oxygens (including phenoxy) is 1. The number of aromatic nitrogens is 2. The minimum absolute atomic E-state index is 0.681. The Balaban J connectivity index is 2.44. The Labute approximate surface area is 78.2 Å². The monoisotopic (exact) mass is 181 g/mol. The molecule has 0 aliphatic rings. The third kappa shape index (κ3) is 2.91. The van der Waals surface area contributed by atoms with Gasteiger partial charge in [-0.3, -0.25) is 0 Å². The SMILES string of the molecule is C=CCn1ccnc1NCCOC. The Bertz CT molecular complexity index is 257. The topological polar surface area (TPSA) is 39.1 Å². The molecule has 0 aliphatic heterocycles. The summed E-state index contributed by atoms with van der Waals surface area (Å²) in [7, 11) is 1.68. The normalized spacial score (nSPS) is 9.92. The zero-order valence-corrected chi connectivity index (χ0v) is 7.86. The molecule has 72 valence electrons. The Kier molecular flexibility index (Phi) is 4.05. The van der Waals surface area contributed by atoms with Crippen LogP contribution in [-0.4, -0.2) is 29.8 Å². The molecule has 0 saturated heterocycles. The molecular weight excluding hydrogens is 166 g/mol. The second-order valence-electron chi connectivity index (χ2n) is 2.61. The number of allylic oxidation sites excluding steroid dienone is 1. The molecule has 0 unspecified atom stereocenters. The third-order valence-electron chi connectivity index (χ3n) is 1.63. The molecule has 0 radical (unpaired) electrons. The van der Waals surface area contributed by atoms with E-state index in [-0.39, 0.29) is 0 Å². The minimum Gasteiger partial charge on any atom is -0.383 e. The van der Waals surface area contributed by atoms with Gasteiger partial charge in [0.1, 0.15) is 0 Å². The van der Waals surface area contributed by atoms with Gasteiger partial charge in [0.2, 0.25) is 5.95 Å². The van der Waals surface area contributed by atoms with Gasteiger partial charge in [-0.25, -0.2) is 4.98 Å². The van der Waals surface area contributed by atoms with Crippen LogP contribution in [0, 0.1) is 0 Å². The maximum atomic E-state index is 4.92. The zero-order chi connectivity index (χ0) is 9.52. The van der Waals surface area contributed by atoms with Gasteiger partial charge in [-0.15, -0.1) is 6.58 Å². The maximum absolute atomic E-state index is 4.92. The number of imidazole rings is 1. The van der Waals surface area contributed by atoms with Gasteiger partial charge in [0, 0.05) is 32.6 Å². The van der Waals surface area contributed by atoms with Crippen molar-refractivity contribution in [2.75, 3.05) is 25.6 Å². The average molecular weight is 181 g/mol. The molecule has 1 N–H and O–H groups in total. The first-order valence-electron chi connectivity index (χ1n) is 4.23. The van der Waals surface area contributed by atoms with Gasteiger partial charge in [-0.2, -0.15) is 0 Å². The van der Waals surface area contributed by atoms with Crippen LogP contribution in [0.25, 0.3) is 0 Å². The molecular formula is C9H15N3O. The first-order chi connectivity index (χ1) is 6.38. The standard InChI is InChI=1S/C9H15N3O/c1-3-6-12-7-4-10-9(12)11-5-8-13-2/h3-4,7H,1,5-6,8H2,2H3,(H,10,11). The van der Waals surface area contributed by atoms with Crippen LogP contribution in [0.15, 0.2) is 25.0 Å². The molecule has 1 rings (SSSR count). The fourth-order valence-corrected chi connectivity index (χ4v) is 1.03. The zero-order valence-electron chi connectivity index (χ0n) is 7.86. The molecule has 0 saturated carbocycles. The van der Waals surface area contributed by atoms with E-state index < -0.39 is 0 Å². The quantitative estimate of drug-likeness (QED) is 0.528. The lowest BCUT2D eigenvalue weighted by molar-refractivity contribution is 0.210. The Morgan fingerprint density at radius 3 is 3.31 bits per heavy atom. The van der Waals surface area contributed by atoms with Crippen molar-refractivity contribution < 1.29 is 4.74 Å². The van der Waals surface area contributed by atoms with E-state index in [0.29, 0.717) is 6.61 Å². The van der Waals surface area contributed by atoms with Crippen molar-refractivity contribution >= 4 is 5.95 Å². The summed E-state index contributed by atoms with van der Waals surface area (Å²) in [5.74, 6) is 0.858. The third-order valence-corrected chi connectivity index (χ3v) is 1.63. The summed E-state index contributed by atoms with van der Waals surface area (Å²) in [5, 5.41) is 3.16. The number of rotatable bonds is 6. The molecule has 4 heteroatoms. The highest BCUT2D eigenvalue weighted by atomic mass is 16.5. The van der Waals surface area contributed by atoms with E-state index in [0.717, 1.165) is 19.0 Å². The van der Waals surface area contributed by atoms with Crippen LogP contribution in [0.5, 0.6) is 0 Å². The molecule has 0 bridgehead atoms. The van der Waals surface area contributed by atoms with Crippen LogP contribution in [0.2, 0.25) is 0 Å². The van der Waals surface area contributed by atoms with Gasteiger partial charge in [0.15, 0.2) is 0 Å². The van der Waals surface area contributed by atoms with Crippen LogP contribution in [0.1, 0.15) is 0 Å². The van der Waals surface area contributed by atoms with E-state index in [1.165, 1.54) is 0 Å². The maximum Gasteiger partial charge on any atom is 0.203 e. The first kappa shape index (κ1) is 9.80. The summed E-state index contributed by atoms with van der Waals surface area (Å²) in [5.41, 5.74) is 0. The smallest absolute Gasteiger partial charge is 0.203 e. The molecule has 0 atom stereocenters. The molecule has 0 aromatic carbocycles. The van der Waals surface area contributed by atoms with Crippen molar-refractivity contribution in [3.63, 3.8) is 0 Å². The highest BCUT2D eigenvalue weighted by molar-refractivity contribution is 5.25. The van der Waals surface area contributed by atoms with E-state index in [2.05, 4.69) is 16.9 Å². The van der Waals surface area contributed by atoms with Gasteiger partial charge >= 0.3 is 0 Å². The van der Waals surface area contributed by atoms with Crippen LogP contribution >= 0.6 is 0 Å². The van der Waals surface area contributed by atoms with Crippen LogP contribution in [0.3, 0.4) is 0 Å². The molecule has 0 spiro atoms. The van der Waals surface area contributed by atoms with E-state index in [1.54, 1.807) is 13.3 Å². The van der Waals surface area contributed by atoms with Crippen molar-refractivity contribution in [3.8, 4) is 0 Å². The number of methoxy groups -OCH3 is 1. The lowest BCUT2D eigenvalue weighted by Gasteiger charge is -2.06. The number of hydrogen-bond donors (Lipinski definition) is 1. The van der Waals surface area contributed by atoms with E-state index in [4.69, 9.17) is 4.74 Å². The lowest BCUT2D eigenvalue weighted by atomic mass is 10.6. The second kappa shape index (κ2) is 5.37. The summed E-state index contributed by atoms with van der Waals surface area (Å²) in [6.45, 7) is 5.90. The van der Waals surface area contributed by atoms with Crippen LogP contribution < -0.4 is 5.32 Å². The summed E-state index contributed by atoms with van der Waals surface area (Å²) >= 11 is 0. The average Bonchev–Trinajstić information content (AvgIpc) is 2.54. The number of anilines is 1. The Hall–Kier alpha value is -1.29. The summed E-state index contributed by atoms with van der Waals surface area (Å²) in [4.78, 5) is 4.16. The molecule has 1 aromatic heterocycles. The predicted octanol–water partition coefficient (Wildman–Crippen LogP) is 1.13. The largest absolute Gasteiger partial charge is 0.383 e. The minimum atomic E-state index is 0.681. The highest BCUT2D eigenvalue weighted by Gasteiger charge is 1.98. The van der Waals surface area contributed by atoms with Crippen LogP contribution in [0.4, 0.5) is 5.95 Å². The molecule has 1 heterocycles. The lowest BCUT2D eigenvalue weighted by Crippen LogP contribution is -2.11. The fraction of sp³-hybridized carbons (Fsp3) is 0.444. The number of nitrogens with zero attached hydrogens (tertiary/aromatic N) is 2. The van der Waals surface area contributed by atoms with Crippen molar-refractivity contribution in [1.82, 2.24) is 9.55 Å². The predicted molar refractivity (Wildman–Crippen MR) is 52.8 cm³/mol. The summed E-state index contributed by atoms with van der Waals surface area (Å²) < 4.78 is 6.91. The van der Waals surface area contributed by atoms with Gasteiger partial charge in [-0.05, 0) is 0 Å². The van der Waals surface area contributed by atoms with E-state index in [1.807, 2.05) is 16.8 Å². The molecule has 4 nitrogen and oxygen atoms in total. The van der Waals surface area contributed by atoms with Crippen molar-refractivity contribution in [2.45, 2.75) is 6.54 Å². The van der Waals surface area contributed by atoms with Crippen molar-refractivity contribution in [2.24, 2.45) is 0 Å². The van der Waals surface area contributed by atoms with Crippen molar-refractivity contribution in [3.05, 3.63) is 25.0 Å². The summed E-state index contributed by atoms with van der Waals surface area (Å²) in [6.07, 6.45) is 5.51. The van der Waals surface area contributed by atoms with Gasteiger partial charge in [0.05, 0.1) is 6.61 Å². The summed E-state index contributed by atoms with van der Waals surface area (Å²) in [6, 6.07) is 0. The first-order valence-corrected chi connectivity index (χ1v) is 4.23. The number of hydrogen-bond acceptors (Lipinski definition) is 3. The van der Waals surface area contributed by atoms with Gasteiger partial charge < -0.3 is 14.6 Å². The van der Waals surface area contributed by atoms with Gasteiger partial charge in [0.25, 0.3) is 0 Å². The van der Waals surface area contributed by atoms with E-state index >= 15 is 0 Å². The van der Waals surface area contributed by atoms with Crippen molar-refractivity contribution in [1.29, 1.82) is 0 Å². The van der Waals surface area contributed by atoms with Gasteiger partial charge in [-0.1, -0.05) is 6.08 Å². The second-order valence-corrected chi connectivity index (χ2v) is 2.61. The molecule has 0 fully saturated rings. The molecule has 1 aromatic rings. The molecule has 0 aliphatic carbocycles. The molecule has 0 amide bonds. The number of nitrogens with one attached hydrogen (secondary N) is 1. The fourth-order valence-electron chi connectivity index (χ4n) is 1.03. The molecule has 13 heavy (non-hydrogen) atoms. The van der Waals surface area contributed by atoms with E-state index in [9.17, 15) is 0 Å². The van der Waals surface area contributed by atoms with Crippen LogP contribution in [-0.2, 0) is 11.3 Å². The Morgan fingerprint density at radius 1 is 1.77 bits per heavy atom. The highest BCUT2D eigenvalue weighted by Crippen LogP contribution is 2.03.